The minimum Gasteiger partial charge on any atom is -0.497 e. The highest BCUT2D eigenvalue weighted by atomic mass is 16.5. The molecule has 5 aromatic rings. The fraction of sp³-hybridized carbons (Fsp3) is 0.200. The third-order valence-electron chi connectivity index (χ3n) is 5.83. The van der Waals surface area contributed by atoms with Crippen LogP contribution in [0.1, 0.15) is 0 Å². The van der Waals surface area contributed by atoms with Crippen molar-refractivity contribution in [2.75, 3.05) is 43.6 Å². The Bertz CT molecular complexity index is 1460. The molecule has 0 atom stereocenters. The molecule has 0 aliphatic carbocycles. The van der Waals surface area contributed by atoms with Crippen LogP contribution in [0.4, 0.5) is 17.6 Å². The molecular formula is C25H23N7O3. The minimum atomic E-state index is 0.435. The summed E-state index contributed by atoms with van der Waals surface area (Å²) in [6, 6.07) is 15.4. The van der Waals surface area contributed by atoms with E-state index < -0.39 is 0 Å². The SMILES string of the molecule is COc1cccc(-c2cc(Nc3nc(N4CCOCC4)c4oc(-c5ccncc5)cc4n3)n[nH]2)c1. The van der Waals surface area contributed by atoms with E-state index in [0.29, 0.717) is 41.8 Å². The second kappa shape index (κ2) is 9.07. The van der Waals surface area contributed by atoms with Gasteiger partial charge in [-0.25, -0.2) is 4.98 Å². The van der Waals surface area contributed by atoms with Crippen LogP contribution < -0.4 is 15.0 Å². The first-order chi connectivity index (χ1) is 17.3. The summed E-state index contributed by atoms with van der Waals surface area (Å²) in [4.78, 5) is 15.8. The first-order valence-corrected chi connectivity index (χ1v) is 11.3. The average Bonchev–Trinajstić information content (AvgIpc) is 3.57. The number of ether oxygens (including phenoxy) is 2. The van der Waals surface area contributed by atoms with Gasteiger partial charge in [-0.2, -0.15) is 10.1 Å². The average molecular weight is 470 g/mol. The number of morpholine rings is 1. The monoisotopic (exact) mass is 469 g/mol. The van der Waals surface area contributed by atoms with Gasteiger partial charge in [0.25, 0.3) is 0 Å². The van der Waals surface area contributed by atoms with Gasteiger partial charge in [0.15, 0.2) is 17.2 Å². The summed E-state index contributed by atoms with van der Waals surface area (Å²) in [7, 11) is 1.65. The zero-order valence-electron chi connectivity index (χ0n) is 19.1. The van der Waals surface area contributed by atoms with Crippen molar-refractivity contribution in [2.45, 2.75) is 0 Å². The molecule has 0 saturated carbocycles. The van der Waals surface area contributed by atoms with E-state index >= 15 is 0 Å². The molecule has 1 aliphatic rings. The molecule has 10 nitrogen and oxygen atoms in total. The van der Waals surface area contributed by atoms with Gasteiger partial charge in [0.2, 0.25) is 5.95 Å². The van der Waals surface area contributed by atoms with Gasteiger partial charge in [0, 0.05) is 48.7 Å². The Morgan fingerprint density at radius 1 is 1.00 bits per heavy atom. The van der Waals surface area contributed by atoms with Crippen molar-refractivity contribution in [3.8, 4) is 28.3 Å². The second-order valence-corrected chi connectivity index (χ2v) is 8.05. The van der Waals surface area contributed by atoms with Gasteiger partial charge in [0.05, 0.1) is 26.0 Å². The Balaban J connectivity index is 1.36. The summed E-state index contributed by atoms with van der Waals surface area (Å²) >= 11 is 0. The number of nitrogens with zero attached hydrogens (tertiary/aromatic N) is 5. The van der Waals surface area contributed by atoms with Crippen molar-refractivity contribution in [1.82, 2.24) is 25.1 Å². The lowest BCUT2D eigenvalue weighted by Gasteiger charge is -2.27. The Kier molecular flexibility index (Phi) is 5.47. The number of fused-ring (bicyclic) bond motifs is 1. The van der Waals surface area contributed by atoms with Gasteiger partial charge >= 0.3 is 0 Å². The molecule has 0 radical (unpaired) electrons. The molecule has 0 bridgehead atoms. The van der Waals surface area contributed by atoms with E-state index in [9.17, 15) is 0 Å². The van der Waals surface area contributed by atoms with Crippen LogP contribution in [0, 0.1) is 0 Å². The molecule has 176 valence electrons. The van der Waals surface area contributed by atoms with Crippen molar-refractivity contribution < 1.29 is 13.9 Å². The highest BCUT2D eigenvalue weighted by Gasteiger charge is 2.22. The maximum Gasteiger partial charge on any atom is 0.231 e. The Labute approximate surface area is 200 Å². The fourth-order valence-electron chi connectivity index (χ4n) is 4.06. The highest BCUT2D eigenvalue weighted by molar-refractivity contribution is 5.89. The van der Waals surface area contributed by atoms with E-state index in [2.05, 4.69) is 25.4 Å². The largest absolute Gasteiger partial charge is 0.497 e. The summed E-state index contributed by atoms with van der Waals surface area (Å²) in [5, 5.41) is 10.7. The van der Waals surface area contributed by atoms with E-state index in [4.69, 9.17) is 23.9 Å². The van der Waals surface area contributed by atoms with E-state index in [-0.39, 0.29) is 0 Å². The Morgan fingerprint density at radius 2 is 1.86 bits per heavy atom. The molecular weight excluding hydrogens is 446 g/mol. The van der Waals surface area contributed by atoms with Crippen molar-refractivity contribution in [2.24, 2.45) is 0 Å². The van der Waals surface area contributed by atoms with E-state index in [1.807, 2.05) is 48.5 Å². The predicted octanol–water partition coefficient (Wildman–Crippen LogP) is 4.26. The molecule has 0 spiro atoms. The van der Waals surface area contributed by atoms with Gasteiger partial charge in [-0.05, 0) is 24.3 Å². The van der Waals surface area contributed by atoms with E-state index in [0.717, 1.165) is 41.5 Å². The number of methoxy groups -OCH3 is 1. The van der Waals surface area contributed by atoms with Crippen LogP contribution in [0.3, 0.4) is 0 Å². The molecule has 1 fully saturated rings. The molecule has 2 N–H and O–H groups in total. The number of aromatic amines is 1. The molecule has 1 saturated heterocycles. The van der Waals surface area contributed by atoms with Crippen molar-refractivity contribution in [1.29, 1.82) is 0 Å². The highest BCUT2D eigenvalue weighted by Crippen LogP contribution is 2.34. The van der Waals surface area contributed by atoms with E-state index in [1.54, 1.807) is 19.5 Å². The van der Waals surface area contributed by atoms with Gasteiger partial charge in [-0.1, -0.05) is 12.1 Å². The number of H-pyrrole nitrogens is 1. The quantitative estimate of drug-likeness (QED) is 0.376. The van der Waals surface area contributed by atoms with Gasteiger partial charge in [0.1, 0.15) is 17.0 Å². The number of hydrogen-bond donors (Lipinski definition) is 2. The van der Waals surface area contributed by atoms with Crippen LogP contribution in [0.2, 0.25) is 0 Å². The summed E-state index contributed by atoms with van der Waals surface area (Å²) in [6.07, 6.45) is 3.48. The first kappa shape index (κ1) is 21.1. The fourth-order valence-corrected chi connectivity index (χ4v) is 4.06. The standard InChI is InChI=1S/C25H23N7O3/c1-33-18-4-2-3-17(13-18)19-15-22(31-30-19)28-25-27-20-14-21(16-5-7-26-8-6-16)35-23(20)24(29-25)32-9-11-34-12-10-32/h2-8,13-15H,9-12H2,1H3,(H2,27,28,29,30,31). The van der Waals surface area contributed by atoms with Gasteiger partial charge in [-0.3, -0.25) is 10.1 Å². The lowest BCUT2D eigenvalue weighted by Crippen LogP contribution is -2.37. The third kappa shape index (κ3) is 4.26. The topological polar surface area (TPSA) is 114 Å². The van der Waals surface area contributed by atoms with Crippen LogP contribution in [0.5, 0.6) is 5.75 Å². The lowest BCUT2D eigenvalue weighted by molar-refractivity contribution is 0.122. The normalized spacial score (nSPS) is 13.8. The smallest absolute Gasteiger partial charge is 0.231 e. The molecule has 1 aliphatic heterocycles. The summed E-state index contributed by atoms with van der Waals surface area (Å²) in [6.45, 7) is 2.71. The number of nitrogens with one attached hydrogen (secondary N) is 2. The Hall–Kier alpha value is -4.44. The molecule has 4 aromatic heterocycles. The molecule has 35 heavy (non-hydrogen) atoms. The first-order valence-electron chi connectivity index (χ1n) is 11.3. The second-order valence-electron chi connectivity index (χ2n) is 8.05. The van der Waals surface area contributed by atoms with Crippen LogP contribution in [-0.4, -0.2) is 58.6 Å². The maximum atomic E-state index is 6.23. The number of rotatable bonds is 6. The third-order valence-corrected chi connectivity index (χ3v) is 5.83. The number of benzene rings is 1. The zero-order chi connectivity index (χ0) is 23.6. The molecule has 6 rings (SSSR count). The van der Waals surface area contributed by atoms with Gasteiger partial charge < -0.3 is 24.1 Å². The van der Waals surface area contributed by atoms with Crippen molar-refractivity contribution in [3.63, 3.8) is 0 Å². The van der Waals surface area contributed by atoms with Crippen LogP contribution in [0.25, 0.3) is 33.7 Å². The summed E-state index contributed by atoms with van der Waals surface area (Å²) in [5.74, 6) is 3.26. The molecule has 0 amide bonds. The number of furan rings is 1. The van der Waals surface area contributed by atoms with E-state index in [1.165, 1.54) is 0 Å². The van der Waals surface area contributed by atoms with Crippen molar-refractivity contribution in [3.05, 3.63) is 60.9 Å². The Morgan fingerprint density at radius 3 is 2.69 bits per heavy atom. The number of hydrogen-bond acceptors (Lipinski definition) is 9. The summed E-state index contributed by atoms with van der Waals surface area (Å²) < 4.78 is 17.1. The minimum absolute atomic E-state index is 0.435. The maximum absolute atomic E-state index is 6.23. The molecule has 5 heterocycles. The molecule has 1 aromatic carbocycles. The van der Waals surface area contributed by atoms with Crippen LogP contribution >= 0.6 is 0 Å². The predicted molar refractivity (Wildman–Crippen MR) is 132 cm³/mol. The van der Waals surface area contributed by atoms with Gasteiger partial charge in [-0.15, -0.1) is 0 Å². The van der Waals surface area contributed by atoms with Crippen LogP contribution in [0.15, 0.2) is 65.3 Å². The number of anilines is 3. The molecule has 10 heteroatoms. The number of pyridine rings is 1. The lowest BCUT2D eigenvalue weighted by atomic mass is 10.1. The van der Waals surface area contributed by atoms with Crippen LogP contribution in [-0.2, 0) is 4.74 Å². The molecule has 0 unspecified atom stereocenters. The van der Waals surface area contributed by atoms with Crippen molar-refractivity contribution >= 4 is 28.7 Å². The summed E-state index contributed by atoms with van der Waals surface area (Å²) in [5.41, 5.74) is 4.09. The number of aromatic nitrogens is 5. The zero-order valence-corrected chi connectivity index (χ0v) is 19.1.